The maximum atomic E-state index is 13.3. The fourth-order valence-electron chi connectivity index (χ4n) is 4.64. The maximum absolute atomic E-state index is 13.3. The molecule has 2 aliphatic heterocycles. The second-order valence-electron chi connectivity index (χ2n) is 9.05. The topological polar surface area (TPSA) is 89.9 Å². The Balaban J connectivity index is 1.79. The lowest BCUT2D eigenvalue weighted by Crippen LogP contribution is -2.23. The first-order valence-corrected chi connectivity index (χ1v) is 13.2. The molecular formula is C28H30O6S. The van der Waals surface area contributed by atoms with Crippen LogP contribution in [0.5, 0.6) is 11.5 Å². The second kappa shape index (κ2) is 11.1. The number of ketones is 1. The molecule has 0 radical (unpaired) electrons. The van der Waals surface area contributed by atoms with Crippen LogP contribution in [0.4, 0.5) is 0 Å². The summed E-state index contributed by atoms with van der Waals surface area (Å²) < 4.78 is 11.2. The Morgan fingerprint density at radius 3 is 2.54 bits per heavy atom. The average molecular weight is 495 g/mol. The van der Waals surface area contributed by atoms with Crippen LogP contribution in [0.25, 0.3) is 6.08 Å². The van der Waals surface area contributed by atoms with Crippen molar-refractivity contribution in [1.82, 2.24) is 0 Å². The Bertz CT molecular complexity index is 1150. The van der Waals surface area contributed by atoms with Crippen LogP contribution in [0.2, 0.25) is 0 Å². The van der Waals surface area contributed by atoms with Crippen molar-refractivity contribution >= 4 is 35.6 Å². The van der Waals surface area contributed by atoms with Crippen molar-refractivity contribution in [3.63, 3.8) is 0 Å². The molecule has 35 heavy (non-hydrogen) atoms. The Morgan fingerprint density at radius 2 is 1.80 bits per heavy atom. The molecule has 0 amide bonds. The van der Waals surface area contributed by atoms with Gasteiger partial charge in [0.25, 0.3) is 0 Å². The number of aromatic hydroxyl groups is 1. The molecule has 4 rings (SSSR count). The summed E-state index contributed by atoms with van der Waals surface area (Å²) in [6, 6.07) is 9.45. The fraction of sp³-hybridized carbons (Fsp3) is 0.393. The fourth-order valence-corrected chi connectivity index (χ4v) is 5.05. The largest absolute Gasteiger partial charge is 0.507 e. The summed E-state index contributed by atoms with van der Waals surface area (Å²) in [5.41, 5.74) is 1.78. The van der Waals surface area contributed by atoms with Crippen molar-refractivity contribution in [2.24, 2.45) is 0 Å². The Hall–Kier alpha value is -3.06. The first kappa shape index (κ1) is 25.0. The van der Waals surface area contributed by atoms with Gasteiger partial charge in [-0.25, -0.2) is 4.79 Å². The lowest BCUT2D eigenvalue weighted by Gasteiger charge is -2.27. The monoisotopic (exact) mass is 494 g/mol. The molecule has 0 aliphatic carbocycles. The van der Waals surface area contributed by atoms with E-state index in [1.807, 2.05) is 36.6 Å². The molecule has 0 fully saturated rings. The van der Waals surface area contributed by atoms with Crippen LogP contribution in [0, 0.1) is 0 Å². The summed E-state index contributed by atoms with van der Waals surface area (Å²) in [7, 11) is 0. The SMILES string of the molecule is CSc1ccc([C@H]2CC(=O)Oc3cc4c(c(O)c32)C(=O)O[C@@H](C)CCCC(=O)CCCC=C4)cc1. The third kappa shape index (κ3) is 5.78. The van der Waals surface area contributed by atoms with Gasteiger partial charge in [-0.2, -0.15) is 0 Å². The zero-order valence-electron chi connectivity index (χ0n) is 20.0. The number of fused-ring (bicyclic) bond motifs is 2. The second-order valence-corrected chi connectivity index (χ2v) is 9.93. The zero-order chi connectivity index (χ0) is 24.9. The van der Waals surface area contributed by atoms with Crippen molar-refractivity contribution in [2.45, 2.75) is 68.8 Å². The Kier molecular flexibility index (Phi) is 7.96. The van der Waals surface area contributed by atoms with Gasteiger partial charge in [-0.3, -0.25) is 9.59 Å². The van der Waals surface area contributed by atoms with Gasteiger partial charge in [0.15, 0.2) is 0 Å². The van der Waals surface area contributed by atoms with Crippen molar-refractivity contribution < 1.29 is 29.0 Å². The van der Waals surface area contributed by atoms with Gasteiger partial charge in [-0.1, -0.05) is 24.3 Å². The summed E-state index contributed by atoms with van der Waals surface area (Å²) in [6.07, 6.45) is 8.80. The van der Waals surface area contributed by atoms with Crippen molar-refractivity contribution in [1.29, 1.82) is 0 Å². The number of carbonyl (C=O) groups is 3. The highest BCUT2D eigenvalue weighted by Crippen LogP contribution is 2.47. The van der Waals surface area contributed by atoms with E-state index in [2.05, 4.69) is 0 Å². The number of esters is 2. The molecule has 2 heterocycles. The van der Waals surface area contributed by atoms with Crippen molar-refractivity contribution in [3.8, 4) is 11.5 Å². The van der Waals surface area contributed by atoms with Gasteiger partial charge in [-0.15, -0.1) is 11.8 Å². The molecule has 7 heteroatoms. The first-order valence-electron chi connectivity index (χ1n) is 12.0. The van der Waals surface area contributed by atoms with Crippen LogP contribution < -0.4 is 4.74 Å². The van der Waals surface area contributed by atoms with Crippen LogP contribution in [0.3, 0.4) is 0 Å². The number of ether oxygens (including phenoxy) is 2. The number of phenolic OH excluding ortho intramolecular Hbond substituents is 1. The van der Waals surface area contributed by atoms with E-state index in [0.29, 0.717) is 49.7 Å². The van der Waals surface area contributed by atoms with E-state index < -0.39 is 24.0 Å². The van der Waals surface area contributed by atoms with Gasteiger partial charge < -0.3 is 14.6 Å². The quantitative estimate of drug-likeness (QED) is 0.309. The standard InChI is InChI=1S/C28H30O6S/c1-17-7-6-10-20(29)9-5-3-4-8-19-15-23-26(27(31)25(19)28(32)33-17)22(16-24(30)34-23)18-11-13-21(35-2)14-12-18/h4,8,11-15,17,22,31H,3,5-7,9-10,16H2,1-2H3/t17-,22+/m0/s1. The molecule has 0 saturated carbocycles. The molecule has 2 aromatic carbocycles. The van der Waals surface area contributed by atoms with Gasteiger partial charge in [0.1, 0.15) is 22.8 Å². The highest BCUT2D eigenvalue weighted by atomic mass is 32.2. The summed E-state index contributed by atoms with van der Waals surface area (Å²) in [4.78, 5) is 38.8. The minimum Gasteiger partial charge on any atom is -0.507 e. The van der Waals surface area contributed by atoms with Crippen LogP contribution in [0.1, 0.15) is 84.8 Å². The molecule has 184 valence electrons. The predicted octanol–water partition coefficient (Wildman–Crippen LogP) is 6.04. The lowest BCUT2D eigenvalue weighted by atomic mass is 9.83. The number of cyclic esters (lactones) is 1. The van der Waals surface area contributed by atoms with E-state index in [-0.39, 0.29) is 29.3 Å². The zero-order valence-corrected chi connectivity index (χ0v) is 20.9. The molecule has 0 spiro atoms. The summed E-state index contributed by atoms with van der Waals surface area (Å²) in [5.74, 6) is -1.22. The van der Waals surface area contributed by atoms with E-state index in [4.69, 9.17) is 9.47 Å². The minimum absolute atomic E-state index is 0.0628. The minimum atomic E-state index is -0.630. The molecule has 0 saturated heterocycles. The molecular weight excluding hydrogens is 464 g/mol. The summed E-state index contributed by atoms with van der Waals surface area (Å²) in [6.45, 7) is 1.79. The molecule has 2 atom stereocenters. The Morgan fingerprint density at radius 1 is 1.06 bits per heavy atom. The van der Waals surface area contributed by atoms with Gasteiger partial charge >= 0.3 is 11.9 Å². The van der Waals surface area contributed by atoms with E-state index in [0.717, 1.165) is 10.5 Å². The van der Waals surface area contributed by atoms with Crippen LogP contribution in [-0.2, 0) is 14.3 Å². The highest BCUT2D eigenvalue weighted by Gasteiger charge is 2.35. The number of phenols is 1. The number of rotatable bonds is 2. The van der Waals surface area contributed by atoms with Gasteiger partial charge in [0.05, 0.1) is 12.5 Å². The number of benzene rings is 2. The van der Waals surface area contributed by atoms with E-state index in [9.17, 15) is 19.5 Å². The Labute approximate surface area is 209 Å². The van der Waals surface area contributed by atoms with Gasteiger partial charge in [-0.05, 0) is 68.2 Å². The highest BCUT2D eigenvalue weighted by molar-refractivity contribution is 7.98. The number of carbonyl (C=O) groups excluding carboxylic acids is 3. The summed E-state index contributed by atoms with van der Waals surface area (Å²) in [5, 5.41) is 11.4. The predicted molar refractivity (Wildman–Crippen MR) is 135 cm³/mol. The smallest absolute Gasteiger partial charge is 0.342 e. The maximum Gasteiger partial charge on any atom is 0.342 e. The molecule has 0 bridgehead atoms. The molecule has 0 aromatic heterocycles. The van der Waals surface area contributed by atoms with Crippen LogP contribution in [-0.4, -0.2) is 35.2 Å². The number of hydrogen-bond acceptors (Lipinski definition) is 7. The van der Waals surface area contributed by atoms with Crippen molar-refractivity contribution in [2.75, 3.05) is 6.26 Å². The van der Waals surface area contributed by atoms with Gasteiger partial charge in [0.2, 0.25) is 0 Å². The number of allylic oxidation sites excluding steroid dienone is 1. The normalized spacial score (nSPS) is 21.4. The number of hydrogen-bond donors (Lipinski definition) is 1. The van der Waals surface area contributed by atoms with Crippen molar-refractivity contribution in [3.05, 3.63) is 58.7 Å². The molecule has 1 N–H and O–H groups in total. The lowest BCUT2D eigenvalue weighted by molar-refractivity contribution is -0.135. The van der Waals surface area contributed by atoms with E-state index >= 15 is 0 Å². The number of Topliss-reactive ketones (excluding diaryl/α,β-unsaturated/α-hetero) is 1. The average Bonchev–Trinajstić information content (AvgIpc) is 2.82. The van der Waals surface area contributed by atoms with Gasteiger partial charge in [0, 0.05) is 29.2 Å². The third-order valence-corrected chi connectivity index (χ3v) is 7.24. The molecule has 0 unspecified atom stereocenters. The third-order valence-electron chi connectivity index (χ3n) is 6.50. The first-order chi connectivity index (χ1) is 16.9. The molecule has 2 aliphatic rings. The number of thioether (sulfide) groups is 1. The van der Waals surface area contributed by atoms with E-state index in [1.54, 1.807) is 30.8 Å². The summed E-state index contributed by atoms with van der Waals surface area (Å²) >= 11 is 1.62. The van der Waals surface area contributed by atoms with Crippen LogP contribution in [0.15, 0.2) is 41.3 Å². The van der Waals surface area contributed by atoms with Crippen LogP contribution >= 0.6 is 11.8 Å². The molecule has 2 aromatic rings. The molecule has 6 nitrogen and oxygen atoms in total. The van der Waals surface area contributed by atoms with E-state index in [1.165, 1.54) is 0 Å².